The van der Waals surface area contributed by atoms with Crippen molar-refractivity contribution in [1.82, 2.24) is 44.6 Å². The predicted molar refractivity (Wildman–Crippen MR) is 477 cm³/mol. The number of methoxy groups -OCH3 is 3. The van der Waals surface area contributed by atoms with Gasteiger partial charge in [0.05, 0.1) is 111 Å². The Kier molecular flexibility index (Phi) is 36.3. The summed E-state index contributed by atoms with van der Waals surface area (Å²) in [7, 11) is 4.61. The van der Waals surface area contributed by atoms with E-state index in [0.29, 0.717) is 104 Å². The normalized spacial score (nSPS) is 29.6. The number of aryl methyl sites for hydroxylation is 3. The van der Waals surface area contributed by atoms with Gasteiger partial charge in [0.1, 0.15) is 70.5 Å². The van der Waals surface area contributed by atoms with Crippen LogP contribution < -0.4 is 28.4 Å². The minimum Gasteiger partial charge on any atom is -0.540 e. The summed E-state index contributed by atoms with van der Waals surface area (Å²) in [5.74, 6) is -4.98. The molecule has 3 saturated heterocycles. The number of nitrogens with zero attached hydrogens (tertiary/aromatic N) is 9. The van der Waals surface area contributed by atoms with Gasteiger partial charge in [-0.1, -0.05) is 119 Å². The van der Waals surface area contributed by atoms with Crippen molar-refractivity contribution in [1.29, 1.82) is 0 Å². The quantitative estimate of drug-likeness (QED) is 0.0503. The van der Waals surface area contributed by atoms with Gasteiger partial charge in [-0.2, -0.15) is 13.2 Å². The van der Waals surface area contributed by atoms with Crippen LogP contribution in [0, 0.1) is 81.3 Å². The first-order chi connectivity index (χ1) is 63.6. The molecule has 6 aliphatic heterocycles. The number of alkyl halides is 7. The molecule has 745 valence electrons. The summed E-state index contributed by atoms with van der Waals surface area (Å²) in [6.07, 6.45) is 4.35. The van der Waals surface area contributed by atoms with Crippen molar-refractivity contribution in [3.63, 3.8) is 0 Å². The number of amides is 3. The van der Waals surface area contributed by atoms with Gasteiger partial charge < -0.3 is 71.7 Å². The standard InChI is InChI=1S/C35H43F3N3O6.C33H42F2N3O6.C32H40F2N3O6.3V/c1-34(2,3)24-15-31(43)46-29-13-19-12-22(19)21(29)8-6-5-7-9-26-32(40-27-14-20(45-4)10-11-25(27)39-26)47-30-17-41(33(24)44)28(18-42)23(30)16-35(36,37)38;1-32(2,3)22-15-29(40)44-33(4)16-19(33)9-7-6-8-10-24-30(37-25-13-20(42-5)11-12-23(25)36-24)43-27-17-38(31(22)41)26(18-39)21(27)14-28(34)35;1-32(2,3)21-15-29(39)42-26-12-18(26)8-6-5-7-9-23-30(36-24-13-19(41-4)10-11-22(24)35-23)43-27-16-37(31(21)40)25(17-38)20(27)14-28(33)34;;;/h10-11,14,19,21-24,28-30H,5-9,12-13,15-17H2,1-4H3;11-13,19,21-22,26-28H,6-10,14-17H2,1-5H3;10-11,13,18,20-21,25-28H,5-9,12,14-16H2,1-4H3;;;/q3*-1;;;/t19?,21-,22?,23+,24-,28-,29-,30+;19-,21+,22-,26-,27+,33-;18-,20+,21-,25-,26-,27+;;;/m111.../s1. The van der Waals surface area contributed by atoms with Crippen LogP contribution in [0.25, 0.3) is 33.1 Å². The molecule has 9 heterocycles. The zero-order valence-corrected chi connectivity index (χ0v) is 84.2. The van der Waals surface area contributed by atoms with Crippen molar-refractivity contribution in [2.24, 2.45) is 81.3 Å². The van der Waals surface area contributed by atoms with Gasteiger partial charge in [0, 0.05) is 105 Å². The minimum atomic E-state index is -4.65. The van der Waals surface area contributed by atoms with Crippen molar-refractivity contribution in [3.05, 3.63) is 71.7 Å². The maximum absolute atomic E-state index is 14.2. The fourth-order valence-electron chi connectivity index (χ4n) is 21.1. The number of esters is 3. The van der Waals surface area contributed by atoms with E-state index in [-0.39, 0.29) is 136 Å². The molecule has 3 amide bonds. The van der Waals surface area contributed by atoms with Crippen LogP contribution in [0.1, 0.15) is 228 Å². The van der Waals surface area contributed by atoms with Crippen LogP contribution >= 0.6 is 0 Å². The van der Waals surface area contributed by atoms with Crippen molar-refractivity contribution < 1.29 is 172 Å². The molecule has 37 heteroatoms. The van der Waals surface area contributed by atoms with Gasteiger partial charge in [0.25, 0.3) is 0 Å². The van der Waals surface area contributed by atoms with Gasteiger partial charge in [-0.3, -0.25) is 28.8 Å². The Morgan fingerprint density at radius 2 is 0.781 bits per heavy atom. The topological polar surface area (TPSA) is 324 Å². The number of ether oxygens (including phenoxy) is 9. The number of carbonyl (C=O) groups excluding carboxylic acids is 9. The Labute approximate surface area is 831 Å². The van der Waals surface area contributed by atoms with E-state index in [1.54, 1.807) is 89.8 Å². The molecule has 4 aliphatic carbocycles. The third kappa shape index (κ3) is 26.5. The summed E-state index contributed by atoms with van der Waals surface area (Å²) in [4.78, 5) is 151. The number of fused-ring (bicyclic) bond motifs is 17. The molecular formula is C100H125F7N9O18V3-3. The molecule has 6 bridgehead atoms. The van der Waals surface area contributed by atoms with E-state index in [4.69, 9.17) is 67.6 Å². The molecule has 7 fully saturated rings. The summed E-state index contributed by atoms with van der Waals surface area (Å²) >= 11 is 0. The summed E-state index contributed by atoms with van der Waals surface area (Å²) in [5, 5.41) is 0. The second-order valence-corrected chi connectivity index (χ2v) is 41.6. The monoisotopic (exact) mass is 2030 g/mol. The zero-order valence-electron chi connectivity index (χ0n) is 80.0. The second-order valence-electron chi connectivity index (χ2n) is 41.6. The number of hydrogen-bond acceptors (Lipinski definition) is 24. The predicted octanol–water partition coefficient (Wildman–Crippen LogP) is 16.6. The Morgan fingerprint density at radius 1 is 0.423 bits per heavy atom. The van der Waals surface area contributed by atoms with Crippen LogP contribution in [0.5, 0.6) is 34.9 Å². The third-order valence-corrected chi connectivity index (χ3v) is 29.1. The summed E-state index contributed by atoms with van der Waals surface area (Å²) in [5.41, 5.74) is 2.39. The van der Waals surface area contributed by atoms with E-state index in [2.05, 4.69) is 4.98 Å². The Bertz CT molecular complexity index is 5280. The van der Waals surface area contributed by atoms with Crippen LogP contribution in [0.15, 0.2) is 54.6 Å². The van der Waals surface area contributed by atoms with Gasteiger partial charge in [-0.15, -0.1) is 0 Å². The molecular weight excluding hydrogens is 1900 g/mol. The molecule has 3 aromatic carbocycles. The van der Waals surface area contributed by atoms with Gasteiger partial charge >= 0.3 is 24.1 Å². The fraction of sp³-hybridized carbons (Fsp3) is 0.670. The summed E-state index contributed by atoms with van der Waals surface area (Å²) in [6, 6.07) is 11.8. The molecule has 0 spiro atoms. The van der Waals surface area contributed by atoms with E-state index in [1.807, 2.05) is 67.1 Å². The molecule has 20 atom stereocenters. The SMILES string of the molecule is COc1ccc2nc3c(nc2c1)O[C@H]1CN(C(=O)[C@H](C(C)(C)C)CC(=O)O[C@@H]2CC4CC4[C@H]2CCCCC3)[C@H]([C-]=O)[C@@H]1CC(F)(F)F.COc1ccc2nc3c(nc2c1)O[C@H]1CN(C(=O)[C@H](C(C)(C)C)CC(=O)O[C@@H]2C[C@H]2CCCCC3)[C@H]([C-]=O)[C@@H]1CC(F)F.COc1ccc2nc3c(nc2c1)O[C@H]1CN(C(=O)[C@H](C(C)(C)C)CC(=O)O[C@]2(C)C[C@H]2CCCCC3)[C@H]([C-]=O)[C@@H]1CC(F)F.[V].[V].[V]. The van der Waals surface area contributed by atoms with Crippen molar-refractivity contribution in [2.75, 3.05) is 41.0 Å². The third-order valence-electron chi connectivity index (χ3n) is 29.1. The number of hydrogen-bond donors (Lipinski definition) is 0. The maximum Gasteiger partial charge on any atom is 0.389 e. The average molecular weight is 2030 g/mol. The summed E-state index contributed by atoms with van der Waals surface area (Å²) in [6.45, 7) is 17.8. The molecule has 3 aromatic heterocycles. The van der Waals surface area contributed by atoms with Gasteiger partial charge in [0.2, 0.25) is 48.2 Å². The first-order valence-corrected chi connectivity index (χ1v) is 47.4. The van der Waals surface area contributed by atoms with E-state index in [1.165, 1.54) is 16.9 Å². The summed E-state index contributed by atoms with van der Waals surface area (Å²) < 4.78 is 150. The average Bonchev–Trinajstić information content (AvgIpc) is 1.60. The Hall–Kier alpha value is -8.43. The van der Waals surface area contributed by atoms with E-state index in [9.17, 15) is 73.9 Å². The number of aromatic nitrogens is 6. The molecule has 4 saturated carbocycles. The van der Waals surface area contributed by atoms with Crippen LogP contribution in [0.4, 0.5) is 30.7 Å². The van der Waals surface area contributed by atoms with Gasteiger partial charge in [0.15, 0.2) is 0 Å². The number of carbonyl (C=O) groups is 6. The smallest absolute Gasteiger partial charge is 0.389 e. The van der Waals surface area contributed by atoms with Crippen molar-refractivity contribution >= 4 is 87.6 Å². The number of benzene rings is 3. The molecule has 16 rings (SSSR count). The number of rotatable bonds is 11. The molecule has 6 aromatic rings. The minimum absolute atomic E-state index is 0. The van der Waals surface area contributed by atoms with Crippen LogP contribution in [0.2, 0.25) is 0 Å². The van der Waals surface area contributed by atoms with Crippen LogP contribution in [-0.4, -0.2) is 213 Å². The Morgan fingerprint density at radius 3 is 1.15 bits per heavy atom. The largest absolute Gasteiger partial charge is 0.540 e. The number of halogens is 7. The molecule has 137 heavy (non-hydrogen) atoms. The van der Waals surface area contributed by atoms with Crippen LogP contribution in [0.3, 0.4) is 0 Å². The maximum atomic E-state index is 14.2. The van der Waals surface area contributed by atoms with Gasteiger partial charge in [-0.05, 0) is 179 Å². The molecule has 10 aliphatic rings. The molecule has 0 N–H and O–H groups in total. The second kappa shape index (κ2) is 45.7. The first kappa shape index (κ1) is 109. The van der Waals surface area contributed by atoms with Gasteiger partial charge in [-0.25, -0.2) is 66.3 Å². The van der Waals surface area contributed by atoms with Crippen LogP contribution in [-0.2, 0) is 132 Å². The molecule has 2 unspecified atom stereocenters. The zero-order chi connectivity index (χ0) is 96.4. The van der Waals surface area contributed by atoms with E-state index >= 15 is 0 Å². The molecule has 3 radical (unpaired) electrons. The van der Waals surface area contributed by atoms with Crippen molar-refractivity contribution in [2.45, 2.75) is 303 Å². The van der Waals surface area contributed by atoms with E-state index < -0.39 is 168 Å². The van der Waals surface area contributed by atoms with Crippen molar-refractivity contribution in [3.8, 4) is 34.9 Å². The first-order valence-electron chi connectivity index (χ1n) is 47.4. The Balaban J connectivity index is 0.000000195. The fourth-order valence-corrected chi connectivity index (χ4v) is 21.1. The van der Waals surface area contributed by atoms with E-state index in [0.717, 1.165) is 108 Å². The molecule has 27 nitrogen and oxygen atoms in total.